The molecule has 0 spiro atoms. The third-order valence-electron chi connectivity index (χ3n) is 3.08. The lowest BCUT2D eigenvalue weighted by Crippen LogP contribution is -2.17. The number of ether oxygens (including phenoxy) is 1. The van der Waals surface area contributed by atoms with Crippen molar-refractivity contribution in [3.63, 3.8) is 0 Å². The van der Waals surface area contributed by atoms with Gasteiger partial charge >= 0.3 is 0 Å². The van der Waals surface area contributed by atoms with E-state index in [0.717, 1.165) is 25.0 Å². The molecule has 0 saturated carbocycles. The van der Waals surface area contributed by atoms with Gasteiger partial charge in [-0.05, 0) is 37.9 Å². The van der Waals surface area contributed by atoms with Crippen LogP contribution in [0.2, 0.25) is 0 Å². The van der Waals surface area contributed by atoms with Crippen LogP contribution < -0.4 is 10.1 Å². The number of aliphatic hydroxyl groups is 1. The van der Waals surface area contributed by atoms with Gasteiger partial charge in [-0.3, -0.25) is 0 Å². The Hall–Kier alpha value is -1.06. The van der Waals surface area contributed by atoms with Crippen molar-refractivity contribution in [2.24, 2.45) is 0 Å². The number of hydrogen-bond donors (Lipinski definition) is 2. The van der Waals surface area contributed by atoms with E-state index in [-0.39, 0.29) is 12.6 Å². The zero-order valence-electron chi connectivity index (χ0n) is 11.0. The topological polar surface area (TPSA) is 41.5 Å². The highest BCUT2D eigenvalue weighted by atomic mass is 16.5. The molecule has 0 aliphatic heterocycles. The first-order chi connectivity index (χ1) is 8.26. The summed E-state index contributed by atoms with van der Waals surface area (Å²) in [6, 6.07) is 6.55. The van der Waals surface area contributed by atoms with Gasteiger partial charge in [-0.25, -0.2) is 0 Å². The van der Waals surface area contributed by atoms with Crippen molar-refractivity contribution in [1.29, 1.82) is 0 Å². The quantitative estimate of drug-likeness (QED) is 0.764. The van der Waals surface area contributed by atoms with E-state index in [9.17, 15) is 0 Å². The van der Waals surface area contributed by atoms with Crippen LogP contribution in [0.3, 0.4) is 0 Å². The summed E-state index contributed by atoms with van der Waals surface area (Å²) in [6.07, 6.45) is 2.73. The molecular weight excluding hydrogens is 214 g/mol. The zero-order valence-corrected chi connectivity index (χ0v) is 11.0. The summed E-state index contributed by atoms with van der Waals surface area (Å²) in [6.45, 7) is 2.38. The monoisotopic (exact) mass is 237 g/mol. The maximum absolute atomic E-state index is 8.93. The first-order valence-corrected chi connectivity index (χ1v) is 6.21. The summed E-state index contributed by atoms with van der Waals surface area (Å²) < 4.78 is 5.41. The first-order valence-electron chi connectivity index (χ1n) is 6.21. The molecule has 1 aromatic carbocycles. The molecule has 1 aromatic rings. The molecule has 96 valence electrons. The minimum atomic E-state index is 0.230. The fourth-order valence-corrected chi connectivity index (χ4v) is 2.03. The van der Waals surface area contributed by atoms with Crippen LogP contribution in [0.15, 0.2) is 18.2 Å². The Balaban J connectivity index is 2.97. The zero-order chi connectivity index (χ0) is 12.7. The van der Waals surface area contributed by atoms with E-state index in [1.807, 2.05) is 13.1 Å². The van der Waals surface area contributed by atoms with Gasteiger partial charge in [0.2, 0.25) is 0 Å². The van der Waals surface area contributed by atoms with Crippen LogP contribution in [-0.2, 0) is 6.42 Å². The fraction of sp³-hybridized carbons (Fsp3) is 0.571. The summed E-state index contributed by atoms with van der Waals surface area (Å²) in [5.41, 5.74) is 2.49. The Bertz CT molecular complexity index is 339. The average Bonchev–Trinajstić information content (AvgIpc) is 2.39. The van der Waals surface area contributed by atoms with Crippen LogP contribution in [-0.4, -0.2) is 25.9 Å². The number of hydrogen-bond acceptors (Lipinski definition) is 3. The second-order valence-electron chi connectivity index (χ2n) is 4.14. The van der Waals surface area contributed by atoms with E-state index in [1.54, 1.807) is 7.11 Å². The van der Waals surface area contributed by atoms with Crippen LogP contribution in [0.5, 0.6) is 5.75 Å². The smallest absolute Gasteiger partial charge is 0.123 e. The van der Waals surface area contributed by atoms with Crippen molar-refractivity contribution < 1.29 is 9.84 Å². The van der Waals surface area contributed by atoms with E-state index < -0.39 is 0 Å². The maximum atomic E-state index is 8.93. The predicted molar refractivity (Wildman–Crippen MR) is 70.5 cm³/mol. The number of methoxy groups -OCH3 is 1. The molecule has 1 rings (SSSR count). The Morgan fingerprint density at radius 2 is 2.18 bits per heavy atom. The molecule has 17 heavy (non-hydrogen) atoms. The van der Waals surface area contributed by atoms with E-state index in [0.29, 0.717) is 0 Å². The van der Waals surface area contributed by atoms with E-state index >= 15 is 0 Å². The van der Waals surface area contributed by atoms with Crippen molar-refractivity contribution in [3.05, 3.63) is 29.3 Å². The number of nitrogens with one attached hydrogen (secondary N) is 1. The molecule has 0 fully saturated rings. The van der Waals surface area contributed by atoms with Crippen molar-refractivity contribution in [2.45, 2.75) is 32.2 Å². The Morgan fingerprint density at radius 1 is 1.41 bits per heavy atom. The van der Waals surface area contributed by atoms with Crippen LogP contribution in [0, 0.1) is 0 Å². The van der Waals surface area contributed by atoms with Crippen molar-refractivity contribution in [3.8, 4) is 5.75 Å². The van der Waals surface area contributed by atoms with Crippen molar-refractivity contribution >= 4 is 0 Å². The van der Waals surface area contributed by atoms with E-state index in [1.165, 1.54) is 11.1 Å². The van der Waals surface area contributed by atoms with Crippen molar-refractivity contribution in [2.75, 3.05) is 20.8 Å². The number of aryl methyl sites for hydroxylation is 1. The summed E-state index contributed by atoms with van der Waals surface area (Å²) in [7, 11) is 3.64. The predicted octanol–water partition coefficient (Wildman–Crippen LogP) is 2.29. The number of benzene rings is 1. The normalized spacial score (nSPS) is 12.5. The fourth-order valence-electron chi connectivity index (χ4n) is 2.03. The standard InChI is InChI=1S/C14H23NO2/c1-4-11-7-8-14(17-3)12(10-11)13(15-2)6-5-9-16/h7-8,10,13,15-16H,4-6,9H2,1-3H3. The molecule has 0 aromatic heterocycles. The highest BCUT2D eigenvalue weighted by Crippen LogP contribution is 2.29. The second kappa shape index (κ2) is 7.30. The molecule has 0 aliphatic rings. The molecular formula is C14H23NO2. The molecule has 0 radical (unpaired) electrons. The van der Waals surface area contributed by atoms with Gasteiger partial charge in [0, 0.05) is 18.2 Å². The van der Waals surface area contributed by atoms with Gasteiger partial charge in [0.05, 0.1) is 7.11 Å². The van der Waals surface area contributed by atoms with E-state index in [2.05, 4.69) is 24.4 Å². The van der Waals surface area contributed by atoms with Gasteiger partial charge < -0.3 is 15.2 Å². The van der Waals surface area contributed by atoms with Gasteiger partial charge in [0.25, 0.3) is 0 Å². The molecule has 3 nitrogen and oxygen atoms in total. The molecule has 3 heteroatoms. The molecule has 2 N–H and O–H groups in total. The molecule has 0 heterocycles. The summed E-state index contributed by atoms with van der Waals surface area (Å²) in [4.78, 5) is 0. The average molecular weight is 237 g/mol. The van der Waals surface area contributed by atoms with Gasteiger partial charge in [-0.15, -0.1) is 0 Å². The van der Waals surface area contributed by atoms with Gasteiger partial charge in [0.15, 0.2) is 0 Å². The molecule has 1 atom stereocenters. The van der Waals surface area contributed by atoms with E-state index in [4.69, 9.17) is 9.84 Å². The number of aliphatic hydroxyl groups excluding tert-OH is 1. The molecule has 0 saturated heterocycles. The highest BCUT2D eigenvalue weighted by Gasteiger charge is 2.14. The minimum Gasteiger partial charge on any atom is -0.496 e. The number of rotatable bonds is 7. The second-order valence-corrected chi connectivity index (χ2v) is 4.14. The SMILES string of the molecule is CCc1ccc(OC)c(C(CCCO)NC)c1. The summed E-state index contributed by atoms with van der Waals surface area (Å²) >= 11 is 0. The van der Waals surface area contributed by atoms with Crippen LogP contribution in [0.4, 0.5) is 0 Å². The van der Waals surface area contributed by atoms with Crippen LogP contribution in [0.1, 0.15) is 36.9 Å². The van der Waals surface area contributed by atoms with Crippen molar-refractivity contribution in [1.82, 2.24) is 5.32 Å². The first kappa shape index (κ1) is 14.0. The third-order valence-corrected chi connectivity index (χ3v) is 3.08. The maximum Gasteiger partial charge on any atom is 0.123 e. The molecule has 0 bridgehead atoms. The van der Waals surface area contributed by atoms with Gasteiger partial charge in [-0.1, -0.05) is 19.1 Å². The summed E-state index contributed by atoms with van der Waals surface area (Å²) in [5.74, 6) is 0.916. The molecule has 0 aliphatic carbocycles. The summed E-state index contributed by atoms with van der Waals surface area (Å²) in [5, 5.41) is 12.2. The lowest BCUT2D eigenvalue weighted by atomic mass is 9.98. The third kappa shape index (κ3) is 3.72. The largest absolute Gasteiger partial charge is 0.496 e. The lowest BCUT2D eigenvalue weighted by Gasteiger charge is -2.20. The Morgan fingerprint density at radius 3 is 2.71 bits per heavy atom. The minimum absolute atomic E-state index is 0.230. The Kier molecular flexibility index (Phi) is 6.01. The Labute approximate surface area is 104 Å². The molecule has 1 unspecified atom stereocenters. The van der Waals surface area contributed by atoms with Crippen LogP contribution in [0.25, 0.3) is 0 Å². The van der Waals surface area contributed by atoms with Gasteiger partial charge in [-0.2, -0.15) is 0 Å². The lowest BCUT2D eigenvalue weighted by molar-refractivity contribution is 0.275. The van der Waals surface area contributed by atoms with Crippen LogP contribution >= 0.6 is 0 Å². The molecule has 0 amide bonds. The van der Waals surface area contributed by atoms with Gasteiger partial charge in [0.1, 0.15) is 5.75 Å². The highest BCUT2D eigenvalue weighted by molar-refractivity contribution is 5.39.